The Balaban J connectivity index is 2.28. The highest BCUT2D eigenvalue weighted by atomic mass is 31.2. The molecule has 1 rings (SSSR count). The summed E-state index contributed by atoms with van der Waals surface area (Å²) in [7, 11) is -4.62. The predicted octanol–water partition coefficient (Wildman–Crippen LogP) is 8.90. The molecule has 0 saturated carbocycles. The summed E-state index contributed by atoms with van der Waals surface area (Å²) >= 11 is 0. The van der Waals surface area contributed by atoms with Crippen LogP contribution in [0.4, 0.5) is 0 Å². The zero-order chi connectivity index (χ0) is 37.6. The average molecular weight is 749 g/mol. The van der Waals surface area contributed by atoms with Crippen LogP contribution in [-0.4, -0.2) is 77.9 Å². The minimum absolute atomic E-state index is 0.166. The fourth-order valence-corrected chi connectivity index (χ4v) is 6.53. The second kappa shape index (κ2) is 31.1. The molecule has 0 aliphatic carbocycles. The Hall–Kier alpha value is -1.33. The molecule has 1 aliphatic rings. The van der Waals surface area contributed by atoms with E-state index in [9.17, 15) is 24.2 Å². The van der Waals surface area contributed by atoms with Crippen molar-refractivity contribution in [1.29, 1.82) is 0 Å². The van der Waals surface area contributed by atoms with Gasteiger partial charge in [0.15, 0.2) is 6.10 Å². The lowest BCUT2D eigenvalue weighted by Crippen LogP contribution is -2.29. The third kappa shape index (κ3) is 28.8. The van der Waals surface area contributed by atoms with Crippen LogP contribution in [-0.2, 0) is 37.4 Å². The highest BCUT2D eigenvalue weighted by Crippen LogP contribution is 2.43. The molecule has 51 heavy (non-hydrogen) atoms. The Kier molecular flexibility index (Phi) is 29.0. The molecule has 300 valence electrons. The van der Waals surface area contributed by atoms with E-state index in [1.165, 1.54) is 64.2 Å². The monoisotopic (exact) mass is 748 g/mol. The summed E-state index contributed by atoms with van der Waals surface area (Å²) in [6.07, 6.45) is 26.4. The van der Waals surface area contributed by atoms with E-state index in [4.69, 9.17) is 23.8 Å². The molecule has 3 N–H and O–H groups in total. The first kappa shape index (κ1) is 47.7. The van der Waals surface area contributed by atoms with Gasteiger partial charge in [0.25, 0.3) is 0 Å². The number of phosphoric ester groups is 1. The minimum atomic E-state index is -4.62. The van der Waals surface area contributed by atoms with E-state index >= 15 is 0 Å². The molecule has 0 amide bonds. The summed E-state index contributed by atoms with van der Waals surface area (Å²) in [5.74, 6) is -0.132. The van der Waals surface area contributed by atoms with Gasteiger partial charge in [0.1, 0.15) is 12.7 Å². The normalized spacial score (nSPS) is 18.7. The second-order valence-corrected chi connectivity index (χ2v) is 15.7. The first-order valence-corrected chi connectivity index (χ1v) is 21.7. The van der Waals surface area contributed by atoms with Crippen molar-refractivity contribution in [1.82, 2.24) is 0 Å². The Morgan fingerprint density at radius 3 is 2.02 bits per heavy atom. The van der Waals surface area contributed by atoms with Gasteiger partial charge in [-0.05, 0) is 44.4 Å². The number of rotatable bonds is 36. The zero-order valence-corrected chi connectivity index (χ0v) is 33.1. The van der Waals surface area contributed by atoms with Gasteiger partial charge in [0.05, 0.1) is 32.0 Å². The quantitative estimate of drug-likeness (QED) is 0.0184. The van der Waals surface area contributed by atoms with Gasteiger partial charge in [-0.2, -0.15) is 0 Å². The van der Waals surface area contributed by atoms with E-state index in [0.717, 1.165) is 63.7 Å². The Morgan fingerprint density at radius 1 is 0.765 bits per heavy atom. The molecule has 1 aliphatic heterocycles. The van der Waals surface area contributed by atoms with Crippen LogP contribution in [0.3, 0.4) is 0 Å². The van der Waals surface area contributed by atoms with Crippen LogP contribution in [0, 0.1) is 5.92 Å². The van der Waals surface area contributed by atoms with E-state index in [0.29, 0.717) is 25.0 Å². The van der Waals surface area contributed by atoms with Gasteiger partial charge in [0, 0.05) is 12.8 Å². The minimum Gasteiger partial charge on any atom is -0.462 e. The topological polar surface area (TPSA) is 161 Å². The molecule has 0 radical (unpaired) electrons. The molecule has 1 saturated heterocycles. The van der Waals surface area contributed by atoms with Crippen LogP contribution >= 0.6 is 7.82 Å². The largest absolute Gasteiger partial charge is 0.472 e. The summed E-state index contributed by atoms with van der Waals surface area (Å²) in [6, 6.07) is 0. The average Bonchev–Trinajstić information content (AvgIpc) is 3.87. The van der Waals surface area contributed by atoms with Crippen LogP contribution < -0.4 is 0 Å². The van der Waals surface area contributed by atoms with Crippen molar-refractivity contribution in [3.63, 3.8) is 0 Å². The molecule has 0 bridgehead atoms. The molecule has 0 aromatic heterocycles. The lowest BCUT2D eigenvalue weighted by Gasteiger charge is -2.20. The Labute approximate surface area is 309 Å². The van der Waals surface area contributed by atoms with Crippen molar-refractivity contribution in [2.75, 3.05) is 26.4 Å². The molecule has 4 unspecified atom stereocenters. The molecule has 1 fully saturated rings. The van der Waals surface area contributed by atoms with Crippen molar-refractivity contribution in [3.8, 4) is 0 Å². The maximum atomic E-state index is 12.6. The fraction of sp³-hybridized carbons (Fsp3) is 0.897. The van der Waals surface area contributed by atoms with Crippen molar-refractivity contribution in [2.24, 2.45) is 5.92 Å². The highest BCUT2D eigenvalue weighted by Gasteiger charge is 2.36. The number of ether oxygens (including phenoxy) is 3. The van der Waals surface area contributed by atoms with Crippen LogP contribution in [0.15, 0.2) is 12.2 Å². The molecule has 0 aromatic carbocycles. The van der Waals surface area contributed by atoms with Gasteiger partial charge in [-0.25, -0.2) is 4.57 Å². The number of esters is 2. The molecule has 11 nitrogen and oxygen atoms in total. The van der Waals surface area contributed by atoms with E-state index in [1.807, 2.05) is 0 Å². The molecule has 0 aromatic rings. The highest BCUT2D eigenvalue weighted by molar-refractivity contribution is 7.47. The number of aliphatic hydroxyl groups is 2. The smallest absolute Gasteiger partial charge is 0.462 e. The zero-order valence-electron chi connectivity index (χ0n) is 32.2. The van der Waals surface area contributed by atoms with E-state index in [2.05, 4.69) is 37.4 Å². The van der Waals surface area contributed by atoms with Gasteiger partial charge in [0.2, 0.25) is 0 Å². The van der Waals surface area contributed by atoms with Crippen molar-refractivity contribution >= 4 is 19.8 Å². The fourth-order valence-electron chi connectivity index (χ4n) is 5.74. The lowest BCUT2D eigenvalue weighted by atomic mass is 9.99. The van der Waals surface area contributed by atoms with E-state index in [-0.39, 0.29) is 19.4 Å². The van der Waals surface area contributed by atoms with Crippen molar-refractivity contribution < 1.29 is 52.5 Å². The van der Waals surface area contributed by atoms with Gasteiger partial charge < -0.3 is 29.3 Å². The maximum Gasteiger partial charge on any atom is 0.472 e. The van der Waals surface area contributed by atoms with E-state index in [1.54, 1.807) is 0 Å². The maximum absolute atomic E-state index is 12.6. The summed E-state index contributed by atoms with van der Waals surface area (Å²) in [5.41, 5.74) is 0. The second-order valence-electron chi connectivity index (χ2n) is 14.3. The van der Waals surface area contributed by atoms with Crippen LogP contribution in [0.2, 0.25) is 0 Å². The number of hydrogen-bond acceptors (Lipinski definition) is 10. The van der Waals surface area contributed by atoms with Crippen LogP contribution in [0.25, 0.3) is 0 Å². The van der Waals surface area contributed by atoms with Crippen molar-refractivity contribution in [2.45, 2.75) is 193 Å². The molecule has 6 atom stereocenters. The number of phosphoric acid groups is 1. The number of hydrogen-bond donors (Lipinski definition) is 3. The number of unbranched alkanes of at least 4 members (excludes halogenated alkanes) is 14. The number of carbonyl (C=O) groups is 2. The van der Waals surface area contributed by atoms with Gasteiger partial charge >= 0.3 is 19.8 Å². The van der Waals surface area contributed by atoms with Gasteiger partial charge in [-0.3, -0.25) is 18.6 Å². The number of allylic oxidation sites excluding steroid dienone is 1. The molecule has 1 heterocycles. The third-order valence-corrected chi connectivity index (χ3v) is 10.3. The molecule has 12 heteroatoms. The first-order chi connectivity index (χ1) is 24.6. The summed E-state index contributed by atoms with van der Waals surface area (Å²) in [5, 5.41) is 18.3. The van der Waals surface area contributed by atoms with Gasteiger partial charge in [-0.15, -0.1) is 0 Å². The lowest BCUT2D eigenvalue weighted by molar-refractivity contribution is -0.161. The summed E-state index contributed by atoms with van der Waals surface area (Å²) in [6.45, 7) is 4.63. The standard InChI is InChI=1S/C39H73O11P/c1-4-6-19-25-36-37(50-36)26-21-16-12-8-10-14-18-23-28-39(43)49-35(32-48-51(44,45)47-30-34(41)29-40)31-46-38(42)27-22-17-13-9-7-11-15-20-24-33(3)5-2/h16,21,33-37,40-41H,4-15,17-20,22-32H2,1-3H3,(H,44,45)/b21-16-/t33?,34-,35+,36?,37?/m0/s1. The first-order valence-electron chi connectivity index (χ1n) is 20.2. The number of epoxide rings is 1. The molecular formula is C39H73O11P. The predicted molar refractivity (Wildman–Crippen MR) is 200 cm³/mol. The number of aliphatic hydroxyl groups excluding tert-OH is 2. The Bertz CT molecular complexity index is 946. The molecule has 0 spiro atoms. The third-order valence-electron chi connectivity index (χ3n) is 9.38. The number of carbonyl (C=O) groups excluding carboxylic acids is 2. The van der Waals surface area contributed by atoms with E-state index < -0.39 is 51.8 Å². The van der Waals surface area contributed by atoms with Crippen LogP contribution in [0.1, 0.15) is 168 Å². The van der Waals surface area contributed by atoms with Crippen molar-refractivity contribution in [3.05, 3.63) is 12.2 Å². The molecular weight excluding hydrogens is 675 g/mol. The summed E-state index contributed by atoms with van der Waals surface area (Å²) < 4.78 is 38.4. The summed E-state index contributed by atoms with van der Waals surface area (Å²) in [4.78, 5) is 34.9. The van der Waals surface area contributed by atoms with Gasteiger partial charge in [-0.1, -0.05) is 129 Å². The SMILES string of the molecule is CCCCCC1OC1C/C=C\CCCCCCCC(=O)O[C@H](COC(=O)CCCCCCCCCCC(C)CC)COP(=O)(O)OC[C@@H](O)CO. The van der Waals surface area contributed by atoms with Crippen LogP contribution in [0.5, 0.6) is 0 Å². The Morgan fingerprint density at radius 2 is 1.37 bits per heavy atom.